The average Bonchev–Trinajstić information content (AvgIpc) is 2.46. The van der Waals surface area contributed by atoms with Gasteiger partial charge in [-0.3, -0.25) is 0 Å². The molecule has 0 aromatic heterocycles. The largest absolute Gasteiger partial charge is 0.491 e. The zero-order chi connectivity index (χ0) is 15.2. The molecule has 21 heavy (non-hydrogen) atoms. The molecule has 108 valence electrons. The first-order valence-corrected chi connectivity index (χ1v) is 6.78. The van der Waals surface area contributed by atoms with Crippen LogP contribution >= 0.6 is 0 Å². The summed E-state index contributed by atoms with van der Waals surface area (Å²) < 4.78 is 19.5. The van der Waals surface area contributed by atoms with Crippen molar-refractivity contribution in [1.82, 2.24) is 0 Å². The summed E-state index contributed by atoms with van der Waals surface area (Å²) in [6.07, 6.45) is 0.0813. The van der Waals surface area contributed by atoms with Crippen molar-refractivity contribution in [2.24, 2.45) is 0 Å². The molecular formula is C17H17FN2O. The van der Waals surface area contributed by atoms with Crippen molar-refractivity contribution in [3.63, 3.8) is 0 Å². The summed E-state index contributed by atoms with van der Waals surface area (Å²) in [5, 5.41) is 11.8. The first-order chi connectivity index (χ1) is 10.1. The number of rotatable bonds is 5. The Morgan fingerprint density at radius 1 is 1.24 bits per heavy atom. The van der Waals surface area contributed by atoms with Gasteiger partial charge in [-0.2, -0.15) is 5.26 Å². The molecule has 0 aliphatic rings. The third-order valence-corrected chi connectivity index (χ3v) is 2.90. The minimum Gasteiger partial charge on any atom is -0.491 e. The lowest BCUT2D eigenvalue weighted by Gasteiger charge is -2.15. The Bertz CT molecular complexity index is 662. The zero-order valence-electron chi connectivity index (χ0n) is 12.1. The number of benzene rings is 2. The van der Waals surface area contributed by atoms with Gasteiger partial charge in [0.15, 0.2) is 0 Å². The Hall–Kier alpha value is -2.54. The van der Waals surface area contributed by atoms with Crippen molar-refractivity contribution in [2.75, 3.05) is 5.32 Å². The van der Waals surface area contributed by atoms with Gasteiger partial charge >= 0.3 is 0 Å². The van der Waals surface area contributed by atoms with E-state index in [0.717, 1.165) is 11.3 Å². The monoisotopic (exact) mass is 284 g/mol. The standard InChI is InChI=1S/C17H17FN2O/c1-12(2)21-17-6-4-3-5-14(17)11-20-16-8-7-13(10-19)9-15(16)18/h3-9,12,20H,11H2,1-2H3. The second-order valence-corrected chi connectivity index (χ2v) is 4.93. The van der Waals surface area contributed by atoms with E-state index in [4.69, 9.17) is 10.00 Å². The first-order valence-electron chi connectivity index (χ1n) is 6.78. The molecule has 0 saturated carbocycles. The van der Waals surface area contributed by atoms with Gasteiger partial charge in [-0.05, 0) is 38.1 Å². The number of nitriles is 1. The fourth-order valence-electron chi connectivity index (χ4n) is 1.94. The van der Waals surface area contributed by atoms with E-state index in [1.807, 2.05) is 44.2 Å². The van der Waals surface area contributed by atoms with Gasteiger partial charge in [0.2, 0.25) is 0 Å². The molecular weight excluding hydrogens is 267 g/mol. The molecule has 0 heterocycles. The number of para-hydroxylation sites is 1. The normalized spacial score (nSPS) is 10.2. The smallest absolute Gasteiger partial charge is 0.147 e. The molecule has 0 atom stereocenters. The summed E-state index contributed by atoms with van der Waals surface area (Å²) in [5.41, 5.74) is 1.63. The summed E-state index contributed by atoms with van der Waals surface area (Å²) in [6, 6.07) is 13.9. The second kappa shape index (κ2) is 6.76. The lowest BCUT2D eigenvalue weighted by atomic mass is 10.1. The lowest BCUT2D eigenvalue weighted by molar-refractivity contribution is 0.240. The molecule has 0 spiro atoms. The Morgan fingerprint density at radius 3 is 2.67 bits per heavy atom. The zero-order valence-corrected chi connectivity index (χ0v) is 12.1. The number of nitrogens with one attached hydrogen (secondary N) is 1. The summed E-state index contributed by atoms with van der Waals surface area (Å²) >= 11 is 0. The van der Waals surface area contributed by atoms with Crippen LogP contribution in [0.3, 0.4) is 0 Å². The van der Waals surface area contributed by atoms with Crippen LogP contribution in [0.25, 0.3) is 0 Å². The van der Waals surface area contributed by atoms with Crippen LogP contribution in [0.2, 0.25) is 0 Å². The van der Waals surface area contributed by atoms with Crippen LogP contribution in [0.4, 0.5) is 10.1 Å². The SMILES string of the molecule is CC(C)Oc1ccccc1CNc1ccc(C#N)cc1F. The number of hydrogen-bond donors (Lipinski definition) is 1. The summed E-state index contributed by atoms with van der Waals surface area (Å²) in [6.45, 7) is 4.38. The van der Waals surface area contributed by atoms with E-state index in [2.05, 4.69) is 5.32 Å². The molecule has 2 aromatic rings. The molecule has 1 N–H and O–H groups in total. The Balaban J connectivity index is 2.12. The lowest BCUT2D eigenvalue weighted by Crippen LogP contribution is -2.09. The van der Waals surface area contributed by atoms with E-state index in [9.17, 15) is 4.39 Å². The van der Waals surface area contributed by atoms with Crippen molar-refractivity contribution in [3.05, 3.63) is 59.4 Å². The minimum atomic E-state index is -0.434. The number of nitrogens with zero attached hydrogens (tertiary/aromatic N) is 1. The summed E-state index contributed by atoms with van der Waals surface area (Å²) in [4.78, 5) is 0. The van der Waals surface area contributed by atoms with E-state index < -0.39 is 5.82 Å². The van der Waals surface area contributed by atoms with Gasteiger partial charge in [0.1, 0.15) is 11.6 Å². The maximum absolute atomic E-state index is 13.8. The van der Waals surface area contributed by atoms with E-state index in [1.54, 1.807) is 12.1 Å². The third-order valence-electron chi connectivity index (χ3n) is 2.90. The van der Waals surface area contributed by atoms with Crippen molar-refractivity contribution in [3.8, 4) is 11.8 Å². The van der Waals surface area contributed by atoms with Gasteiger partial charge in [0.05, 0.1) is 23.4 Å². The Labute approximate surface area is 124 Å². The van der Waals surface area contributed by atoms with E-state index in [-0.39, 0.29) is 6.10 Å². The molecule has 4 heteroatoms. The number of anilines is 1. The molecule has 0 fully saturated rings. The number of hydrogen-bond acceptors (Lipinski definition) is 3. The predicted molar refractivity (Wildman–Crippen MR) is 80.6 cm³/mol. The Morgan fingerprint density at radius 2 is 2.00 bits per heavy atom. The fourth-order valence-corrected chi connectivity index (χ4v) is 1.94. The van der Waals surface area contributed by atoms with Crippen molar-refractivity contribution < 1.29 is 9.13 Å². The highest BCUT2D eigenvalue weighted by molar-refractivity contribution is 5.50. The van der Waals surface area contributed by atoms with Crippen LogP contribution < -0.4 is 10.1 Å². The molecule has 0 radical (unpaired) electrons. The molecule has 2 aromatic carbocycles. The van der Waals surface area contributed by atoms with Crippen LogP contribution in [-0.2, 0) is 6.54 Å². The van der Waals surface area contributed by atoms with Crippen LogP contribution in [0.5, 0.6) is 5.75 Å². The quantitative estimate of drug-likeness (QED) is 0.899. The molecule has 0 unspecified atom stereocenters. The van der Waals surface area contributed by atoms with Gasteiger partial charge in [-0.15, -0.1) is 0 Å². The molecule has 0 amide bonds. The van der Waals surface area contributed by atoms with Gasteiger partial charge in [-0.25, -0.2) is 4.39 Å². The van der Waals surface area contributed by atoms with Gasteiger partial charge in [0.25, 0.3) is 0 Å². The van der Waals surface area contributed by atoms with Gasteiger partial charge < -0.3 is 10.1 Å². The highest BCUT2D eigenvalue weighted by Crippen LogP contribution is 2.22. The van der Waals surface area contributed by atoms with Crippen molar-refractivity contribution in [2.45, 2.75) is 26.5 Å². The average molecular weight is 284 g/mol. The van der Waals surface area contributed by atoms with Crippen molar-refractivity contribution >= 4 is 5.69 Å². The second-order valence-electron chi connectivity index (χ2n) is 4.93. The summed E-state index contributed by atoms with van der Waals surface area (Å²) in [7, 11) is 0. The van der Waals surface area contributed by atoms with E-state index in [0.29, 0.717) is 17.8 Å². The van der Waals surface area contributed by atoms with E-state index in [1.165, 1.54) is 6.07 Å². The van der Waals surface area contributed by atoms with Crippen LogP contribution in [0, 0.1) is 17.1 Å². The highest BCUT2D eigenvalue weighted by Gasteiger charge is 2.07. The highest BCUT2D eigenvalue weighted by atomic mass is 19.1. The Kier molecular flexibility index (Phi) is 4.78. The molecule has 3 nitrogen and oxygen atoms in total. The van der Waals surface area contributed by atoms with Crippen molar-refractivity contribution in [1.29, 1.82) is 5.26 Å². The van der Waals surface area contributed by atoms with Gasteiger partial charge in [-0.1, -0.05) is 18.2 Å². The molecule has 0 aliphatic heterocycles. The van der Waals surface area contributed by atoms with Crippen LogP contribution in [-0.4, -0.2) is 6.10 Å². The minimum absolute atomic E-state index is 0.0813. The topological polar surface area (TPSA) is 45.0 Å². The van der Waals surface area contributed by atoms with Crippen LogP contribution in [0.15, 0.2) is 42.5 Å². The maximum atomic E-state index is 13.8. The maximum Gasteiger partial charge on any atom is 0.147 e. The number of halogens is 1. The fraction of sp³-hybridized carbons (Fsp3) is 0.235. The molecule has 2 rings (SSSR count). The molecule has 0 aliphatic carbocycles. The van der Waals surface area contributed by atoms with Crippen LogP contribution in [0.1, 0.15) is 25.0 Å². The number of ether oxygens (including phenoxy) is 1. The molecule has 0 saturated heterocycles. The molecule has 0 bridgehead atoms. The van der Waals surface area contributed by atoms with Gasteiger partial charge in [0, 0.05) is 12.1 Å². The van der Waals surface area contributed by atoms with E-state index >= 15 is 0 Å². The first kappa shape index (κ1) is 14.9. The predicted octanol–water partition coefficient (Wildman–Crippen LogP) is 4.10. The summed E-state index contributed by atoms with van der Waals surface area (Å²) in [5.74, 6) is 0.352. The third kappa shape index (κ3) is 3.96.